The molecule has 4 rings (SSSR count). The fourth-order valence-electron chi connectivity index (χ4n) is 4.40. The Balaban J connectivity index is 1.85. The van der Waals surface area contributed by atoms with E-state index in [9.17, 15) is 9.90 Å². The first kappa shape index (κ1) is 19.5. The van der Waals surface area contributed by atoms with Crippen LogP contribution in [0.25, 0.3) is 10.1 Å². The zero-order valence-electron chi connectivity index (χ0n) is 16.8. The molecule has 0 spiro atoms. The van der Waals surface area contributed by atoms with Crippen molar-refractivity contribution < 1.29 is 19.4 Å². The van der Waals surface area contributed by atoms with E-state index in [-0.39, 0.29) is 11.7 Å². The van der Waals surface area contributed by atoms with Gasteiger partial charge in [0.05, 0.1) is 25.2 Å². The molecule has 1 N–H and O–H groups in total. The van der Waals surface area contributed by atoms with E-state index in [0.717, 1.165) is 22.3 Å². The first-order chi connectivity index (χ1) is 14.0. The predicted molar refractivity (Wildman–Crippen MR) is 116 cm³/mol. The maximum Gasteiger partial charge on any atom is 0.337 e. The van der Waals surface area contributed by atoms with Gasteiger partial charge in [0.25, 0.3) is 0 Å². The van der Waals surface area contributed by atoms with Crippen molar-refractivity contribution in [2.24, 2.45) is 0 Å². The number of carbonyl (C=O) groups excluding carboxylic acids is 1. The number of hydrogen-bond acceptors (Lipinski definition) is 5. The summed E-state index contributed by atoms with van der Waals surface area (Å²) in [5, 5.41) is 14.5. The lowest BCUT2D eigenvalue weighted by molar-refractivity contribution is -0.136. The van der Waals surface area contributed by atoms with E-state index < -0.39 is 11.4 Å². The van der Waals surface area contributed by atoms with Crippen LogP contribution >= 0.6 is 11.3 Å². The number of allylic oxidation sites excluding steroid dienone is 1. The highest BCUT2D eigenvalue weighted by Gasteiger charge is 2.44. The molecule has 4 nitrogen and oxygen atoms in total. The third-order valence-electron chi connectivity index (χ3n) is 6.01. The first-order valence-electron chi connectivity index (χ1n) is 9.59. The Labute approximate surface area is 174 Å². The third kappa shape index (κ3) is 3.29. The maximum atomic E-state index is 12.5. The summed E-state index contributed by atoms with van der Waals surface area (Å²) >= 11 is 1.66. The quantitative estimate of drug-likeness (QED) is 0.560. The molecule has 1 aromatic heterocycles. The van der Waals surface area contributed by atoms with Gasteiger partial charge in [-0.15, -0.1) is 11.3 Å². The normalized spacial score (nSPS) is 22.0. The van der Waals surface area contributed by atoms with Gasteiger partial charge in [-0.2, -0.15) is 0 Å². The van der Waals surface area contributed by atoms with Gasteiger partial charge in [-0.1, -0.05) is 30.3 Å². The van der Waals surface area contributed by atoms with Crippen LogP contribution in [0.15, 0.2) is 65.2 Å². The van der Waals surface area contributed by atoms with Crippen LogP contribution in [0.1, 0.15) is 36.8 Å². The average Bonchev–Trinajstić information content (AvgIpc) is 3.20. The number of methoxy groups -OCH3 is 2. The van der Waals surface area contributed by atoms with E-state index in [1.54, 1.807) is 18.4 Å². The Morgan fingerprint density at radius 2 is 1.86 bits per heavy atom. The lowest BCUT2D eigenvalue weighted by Crippen LogP contribution is -2.34. The molecule has 0 amide bonds. The van der Waals surface area contributed by atoms with Crippen LogP contribution in [-0.4, -0.2) is 25.3 Å². The van der Waals surface area contributed by atoms with E-state index in [2.05, 4.69) is 17.5 Å². The summed E-state index contributed by atoms with van der Waals surface area (Å²) in [6.07, 6.45) is 1.15. The molecular formula is C24H24O4S. The Hall–Kier alpha value is -2.79. The fourth-order valence-corrected chi connectivity index (χ4v) is 5.49. The molecule has 1 heterocycles. The number of rotatable bonds is 4. The SMILES string of the molecule is COC(=O)C1=C(O)[C@@](C)(c2csc3ccccc23)C[C@H](c2ccc(OC)cc2)C1. The van der Waals surface area contributed by atoms with Crippen LogP contribution < -0.4 is 4.74 Å². The van der Waals surface area contributed by atoms with Gasteiger partial charge >= 0.3 is 5.97 Å². The van der Waals surface area contributed by atoms with Crippen molar-refractivity contribution in [3.8, 4) is 5.75 Å². The number of hydrogen-bond donors (Lipinski definition) is 1. The second-order valence-electron chi connectivity index (χ2n) is 7.67. The Bertz CT molecular complexity index is 1080. The summed E-state index contributed by atoms with van der Waals surface area (Å²) in [6, 6.07) is 16.1. The smallest absolute Gasteiger partial charge is 0.337 e. The zero-order chi connectivity index (χ0) is 20.6. The van der Waals surface area contributed by atoms with Gasteiger partial charge in [-0.25, -0.2) is 4.79 Å². The highest BCUT2D eigenvalue weighted by atomic mass is 32.1. The van der Waals surface area contributed by atoms with Crippen LogP contribution in [0.3, 0.4) is 0 Å². The van der Waals surface area contributed by atoms with Crippen molar-refractivity contribution >= 4 is 27.4 Å². The molecule has 0 fully saturated rings. The van der Waals surface area contributed by atoms with E-state index in [1.165, 1.54) is 11.8 Å². The van der Waals surface area contributed by atoms with Gasteiger partial charge in [0.15, 0.2) is 0 Å². The number of aliphatic hydroxyl groups excluding tert-OH is 1. The molecule has 2 atom stereocenters. The van der Waals surface area contributed by atoms with E-state index in [1.807, 2.05) is 43.3 Å². The number of fused-ring (bicyclic) bond motifs is 1. The van der Waals surface area contributed by atoms with Crippen molar-refractivity contribution in [2.75, 3.05) is 14.2 Å². The van der Waals surface area contributed by atoms with Crippen molar-refractivity contribution in [3.63, 3.8) is 0 Å². The molecule has 5 heteroatoms. The summed E-state index contributed by atoms with van der Waals surface area (Å²) in [6.45, 7) is 2.02. The number of esters is 1. The molecule has 1 aliphatic carbocycles. The molecule has 29 heavy (non-hydrogen) atoms. The third-order valence-corrected chi connectivity index (χ3v) is 6.97. The summed E-state index contributed by atoms with van der Waals surface area (Å²) in [7, 11) is 3.00. The second-order valence-corrected chi connectivity index (χ2v) is 8.59. The number of benzene rings is 2. The van der Waals surface area contributed by atoms with Crippen molar-refractivity contribution in [1.82, 2.24) is 0 Å². The minimum absolute atomic E-state index is 0.0783. The van der Waals surface area contributed by atoms with Crippen molar-refractivity contribution in [3.05, 3.63) is 76.4 Å². The van der Waals surface area contributed by atoms with Gasteiger partial charge < -0.3 is 14.6 Å². The van der Waals surface area contributed by atoms with Gasteiger partial charge in [0.1, 0.15) is 11.5 Å². The first-order valence-corrected chi connectivity index (χ1v) is 10.5. The summed E-state index contributed by atoms with van der Waals surface area (Å²) in [5.74, 6) is 0.529. The van der Waals surface area contributed by atoms with Gasteiger partial charge in [0, 0.05) is 4.70 Å². The van der Waals surface area contributed by atoms with Crippen LogP contribution in [-0.2, 0) is 14.9 Å². The fraction of sp³-hybridized carbons (Fsp3) is 0.292. The highest BCUT2D eigenvalue weighted by molar-refractivity contribution is 7.17. The lowest BCUT2D eigenvalue weighted by Gasteiger charge is -2.38. The molecule has 2 aromatic carbocycles. The van der Waals surface area contributed by atoms with E-state index in [0.29, 0.717) is 18.4 Å². The average molecular weight is 409 g/mol. The summed E-state index contributed by atoms with van der Waals surface area (Å²) in [5.41, 5.74) is 1.85. The Morgan fingerprint density at radius 1 is 1.14 bits per heavy atom. The van der Waals surface area contributed by atoms with Crippen molar-refractivity contribution in [1.29, 1.82) is 0 Å². The predicted octanol–water partition coefficient (Wildman–Crippen LogP) is 5.73. The number of thiophene rings is 1. The molecular weight excluding hydrogens is 384 g/mol. The van der Waals surface area contributed by atoms with Crippen LogP contribution in [0.2, 0.25) is 0 Å². The van der Waals surface area contributed by atoms with Crippen LogP contribution in [0.5, 0.6) is 5.75 Å². The molecule has 0 saturated heterocycles. The summed E-state index contributed by atoms with van der Waals surface area (Å²) < 4.78 is 11.5. The molecule has 1 aliphatic rings. The van der Waals surface area contributed by atoms with E-state index >= 15 is 0 Å². The minimum Gasteiger partial charge on any atom is -0.511 e. The Morgan fingerprint density at radius 3 is 2.55 bits per heavy atom. The highest BCUT2D eigenvalue weighted by Crippen LogP contribution is 2.50. The maximum absolute atomic E-state index is 12.5. The lowest BCUT2D eigenvalue weighted by atomic mass is 9.66. The van der Waals surface area contributed by atoms with Crippen LogP contribution in [0.4, 0.5) is 0 Å². The number of aliphatic hydroxyl groups is 1. The van der Waals surface area contributed by atoms with Crippen molar-refractivity contribution in [2.45, 2.75) is 31.1 Å². The molecule has 0 bridgehead atoms. The Kier molecular flexibility index (Phi) is 5.09. The number of ether oxygens (including phenoxy) is 2. The molecule has 0 radical (unpaired) electrons. The van der Waals surface area contributed by atoms with Gasteiger partial charge in [-0.05, 0) is 65.8 Å². The molecule has 0 aliphatic heterocycles. The van der Waals surface area contributed by atoms with E-state index in [4.69, 9.17) is 9.47 Å². The zero-order valence-corrected chi connectivity index (χ0v) is 17.6. The molecule has 3 aromatic rings. The largest absolute Gasteiger partial charge is 0.511 e. The summed E-state index contributed by atoms with van der Waals surface area (Å²) in [4.78, 5) is 12.5. The standard InChI is InChI=1S/C24H24O4S/c1-24(20-14-29-21-7-5-4-6-18(20)21)13-16(12-19(22(24)25)23(26)28-3)15-8-10-17(27-2)11-9-15/h4-11,14,16,25H,12-13H2,1-3H3/t16-,24-/m1/s1. The monoisotopic (exact) mass is 408 g/mol. The van der Waals surface area contributed by atoms with Crippen LogP contribution in [0, 0.1) is 0 Å². The molecule has 0 unspecified atom stereocenters. The molecule has 150 valence electrons. The van der Waals surface area contributed by atoms with Gasteiger partial charge in [-0.3, -0.25) is 0 Å². The van der Waals surface area contributed by atoms with Gasteiger partial charge in [0.2, 0.25) is 0 Å². The topological polar surface area (TPSA) is 55.8 Å². The second kappa shape index (κ2) is 7.56. The number of carbonyl (C=O) groups is 1. The minimum atomic E-state index is -0.675. The molecule has 0 saturated carbocycles.